The number of amides is 2. The number of rotatable bonds is 10. The lowest BCUT2D eigenvalue weighted by Crippen LogP contribution is -2.36. The Hall–Kier alpha value is -4.24. The van der Waals surface area contributed by atoms with E-state index in [9.17, 15) is 23.9 Å². The van der Waals surface area contributed by atoms with E-state index in [1.165, 1.54) is 23.1 Å². The molecule has 1 aliphatic heterocycles. The predicted octanol–water partition coefficient (Wildman–Crippen LogP) is 4.56. The van der Waals surface area contributed by atoms with Gasteiger partial charge in [-0.1, -0.05) is 44.2 Å². The molecule has 0 spiro atoms. The van der Waals surface area contributed by atoms with Crippen LogP contribution < -0.4 is 10.2 Å². The molecule has 8 nitrogen and oxygen atoms in total. The van der Waals surface area contributed by atoms with Crippen LogP contribution in [0.25, 0.3) is 11.6 Å². The molecule has 1 atom stereocenters. The SMILES string of the molecule is CCN(CC)CCNC(=O)c1c(C)[nH]c(C=C2C(=O)N(C(C(=O)O)c3ccccc3)c3ccc(F)cc32)c1C. The standard InChI is InChI=1S/C30H33FN4O4/c1-5-34(6-2)15-14-32-28(36)26-18(3)24(33-19(26)4)17-23-22-16-21(31)12-13-25(22)35(29(23)37)27(30(38)39)20-10-8-7-9-11-20/h7-13,16-17,27,33H,5-6,14-15H2,1-4H3,(H,32,36)(H,38,39). The van der Waals surface area contributed by atoms with E-state index in [0.717, 1.165) is 19.6 Å². The number of aryl methyl sites for hydroxylation is 1. The minimum atomic E-state index is -1.30. The van der Waals surface area contributed by atoms with Gasteiger partial charge in [-0.05, 0) is 62.3 Å². The highest BCUT2D eigenvalue weighted by Crippen LogP contribution is 2.43. The molecule has 2 heterocycles. The van der Waals surface area contributed by atoms with Crippen molar-refractivity contribution in [3.63, 3.8) is 0 Å². The number of aromatic nitrogens is 1. The van der Waals surface area contributed by atoms with Crippen molar-refractivity contribution in [2.45, 2.75) is 33.7 Å². The number of likely N-dealkylation sites (N-methyl/N-ethyl adjacent to an activating group) is 1. The molecule has 2 aromatic carbocycles. The Morgan fingerprint density at radius 1 is 1.13 bits per heavy atom. The van der Waals surface area contributed by atoms with Crippen LogP contribution in [0.15, 0.2) is 48.5 Å². The van der Waals surface area contributed by atoms with Crippen molar-refractivity contribution in [3.8, 4) is 0 Å². The zero-order valence-electron chi connectivity index (χ0n) is 22.5. The number of nitrogens with zero attached hydrogens (tertiary/aromatic N) is 2. The molecule has 0 fully saturated rings. The van der Waals surface area contributed by atoms with Gasteiger partial charge in [-0.15, -0.1) is 0 Å². The van der Waals surface area contributed by atoms with E-state index in [-0.39, 0.29) is 11.5 Å². The van der Waals surface area contributed by atoms with Gasteiger partial charge in [-0.25, -0.2) is 9.18 Å². The van der Waals surface area contributed by atoms with Crippen LogP contribution in [0, 0.1) is 19.7 Å². The Kier molecular flexibility index (Phi) is 8.30. The first-order chi connectivity index (χ1) is 18.7. The van der Waals surface area contributed by atoms with Gasteiger partial charge >= 0.3 is 5.97 Å². The van der Waals surface area contributed by atoms with Gasteiger partial charge in [-0.2, -0.15) is 0 Å². The lowest BCUT2D eigenvalue weighted by Gasteiger charge is -2.25. The van der Waals surface area contributed by atoms with Crippen LogP contribution in [0.5, 0.6) is 0 Å². The summed E-state index contributed by atoms with van der Waals surface area (Å²) in [6.45, 7) is 10.7. The second-order valence-corrected chi connectivity index (χ2v) is 9.49. The molecule has 9 heteroatoms. The fraction of sp³-hybridized carbons (Fsp3) is 0.300. The molecule has 39 heavy (non-hydrogen) atoms. The number of carboxylic acid groups (broad SMARTS) is 1. The average molecular weight is 533 g/mol. The molecule has 3 N–H and O–H groups in total. The summed E-state index contributed by atoms with van der Waals surface area (Å²) < 4.78 is 14.4. The fourth-order valence-corrected chi connectivity index (χ4v) is 5.08. The van der Waals surface area contributed by atoms with Crippen molar-refractivity contribution in [2.24, 2.45) is 0 Å². The summed E-state index contributed by atoms with van der Waals surface area (Å²) in [5.41, 5.74) is 3.44. The van der Waals surface area contributed by atoms with Crippen LogP contribution in [0.4, 0.5) is 10.1 Å². The Morgan fingerprint density at radius 2 is 1.82 bits per heavy atom. The van der Waals surface area contributed by atoms with Gasteiger partial charge in [0.1, 0.15) is 5.82 Å². The molecule has 2 amide bonds. The normalized spacial score (nSPS) is 14.7. The third-order valence-corrected chi connectivity index (χ3v) is 7.16. The van der Waals surface area contributed by atoms with E-state index < -0.39 is 23.7 Å². The van der Waals surface area contributed by atoms with Gasteiger partial charge in [-0.3, -0.25) is 14.5 Å². The summed E-state index contributed by atoms with van der Waals surface area (Å²) in [5.74, 6) is -2.54. The lowest BCUT2D eigenvalue weighted by atomic mass is 10.0. The summed E-state index contributed by atoms with van der Waals surface area (Å²) in [5, 5.41) is 13.1. The van der Waals surface area contributed by atoms with Crippen LogP contribution >= 0.6 is 0 Å². The second kappa shape index (κ2) is 11.7. The minimum absolute atomic E-state index is 0.143. The predicted molar refractivity (Wildman–Crippen MR) is 149 cm³/mol. The molecule has 0 bridgehead atoms. The molecule has 3 aromatic rings. The van der Waals surface area contributed by atoms with Crippen molar-refractivity contribution >= 4 is 35.1 Å². The number of hydrogen-bond donors (Lipinski definition) is 3. The fourth-order valence-electron chi connectivity index (χ4n) is 5.08. The largest absolute Gasteiger partial charge is 0.479 e. The molecule has 4 rings (SSSR count). The third kappa shape index (κ3) is 5.49. The van der Waals surface area contributed by atoms with Gasteiger partial charge in [0.05, 0.1) is 16.8 Å². The molecule has 1 aromatic heterocycles. The van der Waals surface area contributed by atoms with Gasteiger partial charge < -0.3 is 20.3 Å². The molecule has 204 valence electrons. The number of anilines is 1. The summed E-state index contributed by atoms with van der Waals surface area (Å²) in [4.78, 5) is 45.7. The van der Waals surface area contributed by atoms with Crippen LogP contribution in [-0.4, -0.2) is 59.0 Å². The van der Waals surface area contributed by atoms with E-state index in [2.05, 4.69) is 29.0 Å². The van der Waals surface area contributed by atoms with Crippen LogP contribution in [-0.2, 0) is 9.59 Å². The van der Waals surface area contributed by atoms with Gasteiger partial charge in [0.25, 0.3) is 11.8 Å². The van der Waals surface area contributed by atoms with Gasteiger partial charge in [0, 0.05) is 30.0 Å². The number of halogens is 1. The number of carbonyl (C=O) groups is 3. The zero-order chi connectivity index (χ0) is 28.3. The van der Waals surface area contributed by atoms with Crippen molar-refractivity contribution in [2.75, 3.05) is 31.1 Å². The molecule has 0 saturated heterocycles. The monoisotopic (exact) mass is 532 g/mol. The van der Waals surface area contributed by atoms with Crippen molar-refractivity contribution in [3.05, 3.63) is 88.0 Å². The van der Waals surface area contributed by atoms with Crippen LogP contribution in [0.3, 0.4) is 0 Å². The number of carboxylic acids is 1. The molecule has 0 saturated carbocycles. The molecular weight excluding hydrogens is 499 g/mol. The lowest BCUT2D eigenvalue weighted by molar-refractivity contribution is -0.139. The number of nitrogens with one attached hydrogen (secondary N) is 2. The second-order valence-electron chi connectivity index (χ2n) is 9.49. The Morgan fingerprint density at radius 3 is 2.46 bits per heavy atom. The Balaban J connectivity index is 1.71. The first-order valence-corrected chi connectivity index (χ1v) is 13.0. The Labute approximate surface area is 227 Å². The first-order valence-electron chi connectivity index (χ1n) is 13.0. The van der Waals surface area contributed by atoms with E-state index >= 15 is 0 Å². The van der Waals surface area contributed by atoms with E-state index in [4.69, 9.17) is 0 Å². The number of benzene rings is 2. The maximum atomic E-state index is 14.4. The summed E-state index contributed by atoms with van der Waals surface area (Å²) in [7, 11) is 0. The van der Waals surface area contributed by atoms with E-state index in [1.807, 2.05) is 0 Å². The van der Waals surface area contributed by atoms with Crippen molar-refractivity contribution < 1.29 is 23.9 Å². The first kappa shape index (κ1) is 27.8. The topological polar surface area (TPSA) is 106 Å². The summed E-state index contributed by atoms with van der Waals surface area (Å²) in [6.07, 6.45) is 1.57. The zero-order valence-corrected chi connectivity index (χ0v) is 22.5. The number of aromatic amines is 1. The number of aliphatic carboxylic acids is 1. The van der Waals surface area contributed by atoms with Crippen molar-refractivity contribution in [1.82, 2.24) is 15.2 Å². The summed E-state index contributed by atoms with van der Waals surface area (Å²) in [6, 6.07) is 11.0. The number of H-pyrrole nitrogens is 1. The molecular formula is C30H33FN4O4. The number of hydrogen-bond acceptors (Lipinski definition) is 4. The van der Waals surface area contributed by atoms with Crippen molar-refractivity contribution in [1.29, 1.82) is 0 Å². The number of carbonyl (C=O) groups excluding carboxylic acids is 2. The maximum Gasteiger partial charge on any atom is 0.331 e. The van der Waals surface area contributed by atoms with E-state index in [1.54, 1.807) is 50.3 Å². The Bertz CT molecular complexity index is 1430. The average Bonchev–Trinajstić information content (AvgIpc) is 3.34. The maximum absolute atomic E-state index is 14.4. The molecule has 1 unspecified atom stereocenters. The van der Waals surface area contributed by atoms with E-state index in [0.29, 0.717) is 45.9 Å². The highest BCUT2D eigenvalue weighted by atomic mass is 19.1. The third-order valence-electron chi connectivity index (χ3n) is 7.16. The summed E-state index contributed by atoms with van der Waals surface area (Å²) >= 11 is 0. The number of fused-ring (bicyclic) bond motifs is 1. The molecule has 0 radical (unpaired) electrons. The molecule has 1 aliphatic rings. The molecule has 0 aliphatic carbocycles. The highest BCUT2D eigenvalue weighted by molar-refractivity contribution is 6.36. The van der Waals surface area contributed by atoms with Crippen LogP contribution in [0.1, 0.15) is 58.3 Å². The van der Waals surface area contributed by atoms with Crippen LogP contribution in [0.2, 0.25) is 0 Å². The highest BCUT2D eigenvalue weighted by Gasteiger charge is 2.41. The van der Waals surface area contributed by atoms with Gasteiger partial charge in [0.15, 0.2) is 6.04 Å². The van der Waals surface area contributed by atoms with Gasteiger partial charge in [0.2, 0.25) is 0 Å². The quantitative estimate of drug-likeness (QED) is 0.332. The smallest absolute Gasteiger partial charge is 0.331 e. The minimum Gasteiger partial charge on any atom is -0.479 e.